The van der Waals surface area contributed by atoms with Crippen molar-refractivity contribution >= 4 is 5.91 Å². The van der Waals surface area contributed by atoms with Crippen LogP contribution in [0.25, 0.3) is 0 Å². The molecular weight excluding hydrogens is 188 g/mol. The third-order valence-electron chi connectivity index (χ3n) is 3.49. The number of rotatable bonds is 4. The Kier molecular flexibility index (Phi) is 5.09. The first-order chi connectivity index (χ1) is 7.13. The van der Waals surface area contributed by atoms with Crippen LogP contribution in [-0.2, 0) is 4.79 Å². The predicted octanol–water partition coefficient (Wildman–Crippen LogP) is 1.54. The lowest BCUT2D eigenvalue weighted by molar-refractivity contribution is -0.122. The number of hydrogen-bond donors (Lipinski definition) is 2. The number of carbonyl (C=O) groups is 1. The van der Waals surface area contributed by atoms with Gasteiger partial charge in [-0.05, 0) is 38.1 Å². The van der Waals surface area contributed by atoms with E-state index in [4.69, 9.17) is 0 Å². The van der Waals surface area contributed by atoms with Gasteiger partial charge in [0.25, 0.3) is 0 Å². The van der Waals surface area contributed by atoms with Crippen LogP contribution in [0, 0.1) is 11.8 Å². The van der Waals surface area contributed by atoms with Crippen molar-refractivity contribution in [3.05, 3.63) is 0 Å². The van der Waals surface area contributed by atoms with Crippen molar-refractivity contribution in [3.63, 3.8) is 0 Å². The molecule has 1 saturated carbocycles. The van der Waals surface area contributed by atoms with E-state index in [1.165, 1.54) is 25.7 Å². The lowest BCUT2D eigenvalue weighted by atomic mass is 9.83. The Morgan fingerprint density at radius 2 is 1.93 bits per heavy atom. The second-order valence-electron chi connectivity index (χ2n) is 4.87. The minimum absolute atomic E-state index is 0.0608. The Labute approximate surface area is 93.0 Å². The molecule has 1 unspecified atom stereocenters. The smallest absolute Gasteiger partial charge is 0.236 e. The van der Waals surface area contributed by atoms with Crippen molar-refractivity contribution in [2.24, 2.45) is 11.8 Å². The van der Waals surface area contributed by atoms with Crippen LogP contribution in [0.3, 0.4) is 0 Å². The lowest BCUT2D eigenvalue weighted by Crippen LogP contribution is -2.42. The van der Waals surface area contributed by atoms with Crippen LogP contribution < -0.4 is 10.6 Å². The number of hydrogen-bond acceptors (Lipinski definition) is 2. The molecule has 0 radical (unpaired) electrons. The third-order valence-corrected chi connectivity index (χ3v) is 3.49. The highest BCUT2D eigenvalue weighted by Gasteiger charge is 2.19. The summed E-state index contributed by atoms with van der Waals surface area (Å²) in [4.78, 5) is 11.3. The van der Waals surface area contributed by atoms with Crippen molar-refractivity contribution in [1.82, 2.24) is 10.6 Å². The third kappa shape index (κ3) is 4.20. The van der Waals surface area contributed by atoms with Crippen LogP contribution >= 0.6 is 0 Å². The minimum atomic E-state index is -0.0608. The van der Waals surface area contributed by atoms with E-state index in [0.29, 0.717) is 0 Å². The summed E-state index contributed by atoms with van der Waals surface area (Å²) in [5.74, 6) is 1.75. The van der Waals surface area contributed by atoms with E-state index in [1.807, 2.05) is 6.92 Å². The van der Waals surface area contributed by atoms with Gasteiger partial charge in [-0.3, -0.25) is 4.79 Å². The summed E-state index contributed by atoms with van der Waals surface area (Å²) >= 11 is 0. The molecule has 0 aromatic rings. The molecule has 1 aliphatic rings. The monoisotopic (exact) mass is 212 g/mol. The Hall–Kier alpha value is -0.570. The van der Waals surface area contributed by atoms with Crippen LogP contribution in [0.5, 0.6) is 0 Å². The summed E-state index contributed by atoms with van der Waals surface area (Å²) in [5.41, 5.74) is 0. The molecule has 88 valence electrons. The van der Waals surface area contributed by atoms with Crippen molar-refractivity contribution < 1.29 is 4.79 Å². The highest BCUT2D eigenvalue weighted by molar-refractivity contribution is 5.80. The normalized spacial score (nSPS) is 28.5. The fourth-order valence-electron chi connectivity index (χ4n) is 2.19. The number of nitrogens with one attached hydrogen (secondary N) is 2. The number of carbonyl (C=O) groups excluding carboxylic acids is 1. The quantitative estimate of drug-likeness (QED) is 0.742. The maximum Gasteiger partial charge on any atom is 0.236 e. The van der Waals surface area contributed by atoms with Crippen LogP contribution in [0.1, 0.15) is 39.5 Å². The molecule has 0 saturated heterocycles. The van der Waals surface area contributed by atoms with Crippen LogP contribution in [0.2, 0.25) is 0 Å². The van der Waals surface area contributed by atoms with Gasteiger partial charge in [0.2, 0.25) is 5.91 Å². The van der Waals surface area contributed by atoms with E-state index in [9.17, 15) is 4.79 Å². The van der Waals surface area contributed by atoms with Gasteiger partial charge in [-0.2, -0.15) is 0 Å². The fraction of sp³-hybridized carbons (Fsp3) is 0.917. The Morgan fingerprint density at radius 1 is 1.33 bits per heavy atom. The first-order valence-electron chi connectivity index (χ1n) is 6.08. The summed E-state index contributed by atoms with van der Waals surface area (Å²) in [6, 6.07) is -0.0608. The largest absolute Gasteiger partial charge is 0.358 e. The molecule has 1 amide bonds. The van der Waals surface area contributed by atoms with Crippen LogP contribution in [0.4, 0.5) is 0 Å². The van der Waals surface area contributed by atoms with Crippen molar-refractivity contribution in [2.75, 3.05) is 13.6 Å². The average molecular weight is 212 g/mol. The molecule has 0 heterocycles. The van der Waals surface area contributed by atoms with E-state index in [1.54, 1.807) is 7.05 Å². The van der Waals surface area contributed by atoms with Gasteiger partial charge in [0, 0.05) is 7.05 Å². The van der Waals surface area contributed by atoms with Crippen molar-refractivity contribution in [2.45, 2.75) is 45.6 Å². The Morgan fingerprint density at radius 3 is 2.47 bits per heavy atom. The molecule has 0 spiro atoms. The maximum atomic E-state index is 11.3. The van der Waals surface area contributed by atoms with E-state index in [2.05, 4.69) is 17.6 Å². The Bertz CT molecular complexity index is 198. The molecule has 1 rings (SSSR count). The first kappa shape index (κ1) is 12.5. The SMILES string of the molecule is CNC(=O)C(C)NCC1CCC(C)CC1. The maximum absolute atomic E-state index is 11.3. The second kappa shape index (κ2) is 6.11. The van der Waals surface area contributed by atoms with Gasteiger partial charge >= 0.3 is 0 Å². The second-order valence-corrected chi connectivity index (χ2v) is 4.87. The molecule has 0 aromatic heterocycles. The summed E-state index contributed by atoms with van der Waals surface area (Å²) in [7, 11) is 1.68. The van der Waals surface area contributed by atoms with Crippen LogP contribution in [0.15, 0.2) is 0 Å². The van der Waals surface area contributed by atoms with Crippen LogP contribution in [-0.4, -0.2) is 25.5 Å². The van der Waals surface area contributed by atoms with E-state index in [-0.39, 0.29) is 11.9 Å². The molecule has 0 aromatic carbocycles. The zero-order valence-electron chi connectivity index (χ0n) is 10.2. The van der Waals surface area contributed by atoms with E-state index in [0.717, 1.165) is 18.4 Å². The fourth-order valence-corrected chi connectivity index (χ4v) is 2.19. The van der Waals surface area contributed by atoms with E-state index < -0.39 is 0 Å². The van der Waals surface area contributed by atoms with Gasteiger partial charge in [0.1, 0.15) is 0 Å². The van der Waals surface area contributed by atoms with Gasteiger partial charge in [-0.15, -0.1) is 0 Å². The van der Waals surface area contributed by atoms with E-state index >= 15 is 0 Å². The molecule has 3 heteroatoms. The van der Waals surface area contributed by atoms with Crippen molar-refractivity contribution in [1.29, 1.82) is 0 Å². The minimum Gasteiger partial charge on any atom is -0.358 e. The molecule has 15 heavy (non-hydrogen) atoms. The molecule has 2 N–H and O–H groups in total. The zero-order chi connectivity index (χ0) is 11.3. The van der Waals surface area contributed by atoms with Gasteiger partial charge in [0.15, 0.2) is 0 Å². The van der Waals surface area contributed by atoms with Gasteiger partial charge in [-0.25, -0.2) is 0 Å². The number of amides is 1. The van der Waals surface area contributed by atoms with Gasteiger partial charge < -0.3 is 10.6 Å². The topological polar surface area (TPSA) is 41.1 Å². The Balaban J connectivity index is 2.17. The number of likely N-dealkylation sites (N-methyl/N-ethyl adjacent to an activating group) is 1. The first-order valence-corrected chi connectivity index (χ1v) is 6.08. The van der Waals surface area contributed by atoms with Gasteiger partial charge in [0.05, 0.1) is 6.04 Å². The summed E-state index contributed by atoms with van der Waals surface area (Å²) < 4.78 is 0. The molecule has 3 nitrogen and oxygen atoms in total. The standard InChI is InChI=1S/C12H24N2O/c1-9-4-6-11(7-5-9)8-14-10(2)12(15)13-3/h9-11,14H,4-8H2,1-3H3,(H,13,15). The predicted molar refractivity (Wildman–Crippen MR) is 62.7 cm³/mol. The van der Waals surface area contributed by atoms with Gasteiger partial charge in [-0.1, -0.05) is 19.8 Å². The molecule has 1 aliphatic carbocycles. The summed E-state index contributed by atoms with van der Waals surface area (Å²) in [5, 5.41) is 5.96. The summed E-state index contributed by atoms with van der Waals surface area (Å²) in [6.07, 6.45) is 5.32. The average Bonchev–Trinajstić information content (AvgIpc) is 2.26. The highest BCUT2D eigenvalue weighted by Crippen LogP contribution is 2.27. The molecule has 1 atom stereocenters. The molecule has 0 aliphatic heterocycles. The lowest BCUT2D eigenvalue weighted by Gasteiger charge is -2.27. The molecule has 1 fully saturated rings. The summed E-state index contributed by atoms with van der Waals surface area (Å²) in [6.45, 7) is 5.24. The van der Waals surface area contributed by atoms with Crippen molar-refractivity contribution in [3.8, 4) is 0 Å². The zero-order valence-corrected chi connectivity index (χ0v) is 10.2. The highest BCUT2D eigenvalue weighted by atomic mass is 16.2. The molecule has 0 bridgehead atoms. The molecular formula is C12H24N2O.